The highest BCUT2D eigenvalue weighted by Crippen LogP contribution is 2.23. The zero-order chi connectivity index (χ0) is 53.8. The molecule has 0 aromatic carbocycles. The minimum Gasteiger partial charge on any atom is -0.466 e. The summed E-state index contributed by atoms with van der Waals surface area (Å²) in [5, 5.41) is 54.2. The topological polar surface area (TPSA) is 175 Å². The molecule has 434 valence electrons. The molecule has 7 atom stereocenters. The predicted octanol–water partition coefficient (Wildman–Crippen LogP) is 14.7. The zero-order valence-electron chi connectivity index (χ0n) is 47.8. The van der Waals surface area contributed by atoms with Crippen molar-refractivity contribution in [1.82, 2.24) is 5.32 Å². The lowest BCUT2D eigenvalue weighted by Gasteiger charge is -2.40. The van der Waals surface area contributed by atoms with Crippen LogP contribution in [0.1, 0.15) is 290 Å². The van der Waals surface area contributed by atoms with E-state index < -0.39 is 49.5 Å². The molecule has 0 aromatic rings. The van der Waals surface area contributed by atoms with Gasteiger partial charge in [-0.15, -0.1) is 0 Å². The third-order valence-corrected chi connectivity index (χ3v) is 14.7. The number of nitrogens with one attached hydrogen (secondary N) is 1. The fraction of sp³-hybridized carbons (Fsp3) is 0.873. The largest absolute Gasteiger partial charge is 0.466 e. The van der Waals surface area contributed by atoms with E-state index in [1.165, 1.54) is 205 Å². The van der Waals surface area contributed by atoms with Gasteiger partial charge in [0.1, 0.15) is 24.4 Å². The molecule has 1 aliphatic heterocycles. The molecule has 0 spiro atoms. The van der Waals surface area contributed by atoms with Gasteiger partial charge >= 0.3 is 5.97 Å². The van der Waals surface area contributed by atoms with Gasteiger partial charge in [0.25, 0.3) is 0 Å². The second-order valence-corrected chi connectivity index (χ2v) is 21.8. The van der Waals surface area contributed by atoms with Gasteiger partial charge < -0.3 is 45.1 Å². The standard InChI is InChI=1S/C63H117NO10/c1-3-5-7-9-11-13-30-35-39-43-47-51-59(68)72-52-48-44-40-36-32-29-27-25-23-21-19-17-15-14-16-18-20-22-24-26-28-31-34-38-42-46-50-58(67)64-55(56(66)49-45-41-37-33-12-10-8-6-4-2)54-73-63-62(71)61(70)60(69)57(53-65)74-63/h12,14,16,33,45,49,55-57,60-63,65-66,69-71H,3-11,13,15,17-32,34-44,46-48,50-54H2,1-2H3,(H,64,67)/b16-14-,33-12+,49-45+. The zero-order valence-corrected chi connectivity index (χ0v) is 47.8. The van der Waals surface area contributed by atoms with E-state index in [2.05, 4.69) is 43.5 Å². The predicted molar refractivity (Wildman–Crippen MR) is 306 cm³/mol. The summed E-state index contributed by atoms with van der Waals surface area (Å²) in [4.78, 5) is 25.0. The first-order chi connectivity index (χ1) is 36.2. The van der Waals surface area contributed by atoms with Crippen molar-refractivity contribution in [3.05, 3.63) is 36.5 Å². The van der Waals surface area contributed by atoms with Crippen LogP contribution < -0.4 is 5.32 Å². The molecule has 1 rings (SSSR count). The molecule has 0 aromatic heterocycles. The Bertz CT molecular complexity index is 1320. The number of amides is 1. The first-order valence-corrected chi connectivity index (χ1v) is 31.3. The molecule has 0 saturated carbocycles. The van der Waals surface area contributed by atoms with E-state index in [0.717, 1.165) is 57.8 Å². The second kappa shape index (κ2) is 52.9. The summed E-state index contributed by atoms with van der Waals surface area (Å²) in [6.07, 6.45) is 55.6. The molecule has 11 heteroatoms. The summed E-state index contributed by atoms with van der Waals surface area (Å²) in [7, 11) is 0. The number of rotatable bonds is 54. The van der Waals surface area contributed by atoms with Gasteiger partial charge in [0, 0.05) is 12.8 Å². The Morgan fingerprint density at radius 2 is 0.878 bits per heavy atom. The number of hydrogen-bond acceptors (Lipinski definition) is 10. The summed E-state index contributed by atoms with van der Waals surface area (Å²) in [6, 6.07) is -0.827. The number of esters is 1. The normalized spacial score (nSPS) is 19.0. The maximum Gasteiger partial charge on any atom is 0.305 e. The van der Waals surface area contributed by atoms with Crippen molar-refractivity contribution in [2.24, 2.45) is 0 Å². The van der Waals surface area contributed by atoms with Crippen LogP contribution in [0.3, 0.4) is 0 Å². The number of carbonyl (C=O) groups is 2. The second-order valence-electron chi connectivity index (χ2n) is 21.8. The minimum absolute atomic E-state index is 0.00339. The Balaban J connectivity index is 1.99. The molecular weight excluding hydrogens is 931 g/mol. The maximum atomic E-state index is 13.0. The first kappa shape index (κ1) is 69.9. The lowest BCUT2D eigenvalue weighted by Crippen LogP contribution is -2.60. The van der Waals surface area contributed by atoms with Crippen molar-refractivity contribution in [1.29, 1.82) is 0 Å². The average molecular weight is 1050 g/mol. The van der Waals surface area contributed by atoms with E-state index >= 15 is 0 Å². The number of unbranched alkanes of at least 4 members (excludes halogenated alkanes) is 36. The van der Waals surface area contributed by atoms with Gasteiger partial charge in [0.05, 0.1) is 32.0 Å². The van der Waals surface area contributed by atoms with Crippen molar-refractivity contribution in [3.8, 4) is 0 Å². The first-order valence-electron chi connectivity index (χ1n) is 31.3. The number of aliphatic hydroxyl groups is 5. The van der Waals surface area contributed by atoms with Crippen LogP contribution in [0.2, 0.25) is 0 Å². The van der Waals surface area contributed by atoms with E-state index in [4.69, 9.17) is 14.2 Å². The molecule has 74 heavy (non-hydrogen) atoms. The van der Waals surface area contributed by atoms with Crippen LogP contribution in [0.25, 0.3) is 0 Å². The number of carbonyl (C=O) groups excluding carboxylic acids is 2. The Kier molecular flexibility index (Phi) is 50.0. The molecule has 1 saturated heterocycles. The molecule has 1 amide bonds. The number of ether oxygens (including phenoxy) is 3. The summed E-state index contributed by atoms with van der Waals surface area (Å²) < 4.78 is 16.7. The van der Waals surface area contributed by atoms with Crippen LogP contribution in [0.5, 0.6) is 0 Å². The van der Waals surface area contributed by atoms with Gasteiger partial charge in [-0.1, -0.05) is 243 Å². The lowest BCUT2D eigenvalue weighted by molar-refractivity contribution is -0.302. The minimum atomic E-state index is -1.58. The van der Waals surface area contributed by atoms with Crippen LogP contribution in [0, 0.1) is 0 Å². The van der Waals surface area contributed by atoms with Crippen molar-refractivity contribution < 1.29 is 49.3 Å². The van der Waals surface area contributed by atoms with Crippen LogP contribution in [0.4, 0.5) is 0 Å². The Morgan fingerprint density at radius 1 is 0.486 bits per heavy atom. The number of hydrogen-bond donors (Lipinski definition) is 6. The molecule has 6 N–H and O–H groups in total. The van der Waals surface area contributed by atoms with Gasteiger partial charge in [-0.05, 0) is 70.6 Å². The molecule has 0 radical (unpaired) electrons. The monoisotopic (exact) mass is 1050 g/mol. The number of aliphatic hydroxyl groups excluding tert-OH is 5. The maximum absolute atomic E-state index is 13.0. The van der Waals surface area contributed by atoms with E-state index in [1.54, 1.807) is 6.08 Å². The van der Waals surface area contributed by atoms with Crippen LogP contribution in [-0.2, 0) is 23.8 Å². The summed E-state index contributed by atoms with van der Waals surface area (Å²) >= 11 is 0. The molecular formula is C63H117NO10. The highest BCUT2D eigenvalue weighted by atomic mass is 16.7. The summed E-state index contributed by atoms with van der Waals surface area (Å²) in [5.74, 6) is -0.193. The van der Waals surface area contributed by atoms with E-state index in [9.17, 15) is 35.1 Å². The average Bonchev–Trinajstić information content (AvgIpc) is 3.40. The van der Waals surface area contributed by atoms with Gasteiger partial charge in [-0.2, -0.15) is 0 Å². The van der Waals surface area contributed by atoms with Crippen molar-refractivity contribution >= 4 is 11.9 Å². The molecule has 1 heterocycles. The quantitative estimate of drug-likeness (QED) is 0.0195. The van der Waals surface area contributed by atoms with E-state index in [0.29, 0.717) is 19.4 Å². The summed E-state index contributed by atoms with van der Waals surface area (Å²) in [6.45, 7) is 4.28. The number of allylic oxidation sites excluding steroid dienone is 5. The van der Waals surface area contributed by atoms with Gasteiger partial charge in [-0.25, -0.2) is 0 Å². The van der Waals surface area contributed by atoms with E-state index in [1.807, 2.05) is 6.08 Å². The molecule has 1 aliphatic rings. The SMILES string of the molecule is CCCCC/C=C/CC/C=C/C(O)C(COC1OC(CO)C(O)C(O)C1O)NC(=O)CCCCCCCCCCCC/C=C\CCCCCCCCCCCCCCOC(=O)CCCCCCCCCCCCC. The van der Waals surface area contributed by atoms with Crippen LogP contribution in [-0.4, -0.2) is 100 Å². The van der Waals surface area contributed by atoms with Crippen molar-refractivity contribution in [2.75, 3.05) is 19.8 Å². The van der Waals surface area contributed by atoms with Gasteiger partial charge in [0.15, 0.2) is 6.29 Å². The van der Waals surface area contributed by atoms with Crippen LogP contribution >= 0.6 is 0 Å². The third kappa shape index (κ3) is 42.0. The van der Waals surface area contributed by atoms with Crippen molar-refractivity contribution in [2.45, 2.75) is 333 Å². The highest BCUT2D eigenvalue weighted by molar-refractivity contribution is 5.76. The van der Waals surface area contributed by atoms with Gasteiger partial charge in [-0.3, -0.25) is 9.59 Å². The third-order valence-electron chi connectivity index (χ3n) is 14.7. The lowest BCUT2D eigenvalue weighted by atomic mass is 9.99. The fourth-order valence-electron chi connectivity index (χ4n) is 9.74. The molecule has 0 bridgehead atoms. The Labute approximate surface area is 453 Å². The van der Waals surface area contributed by atoms with Crippen molar-refractivity contribution in [3.63, 3.8) is 0 Å². The van der Waals surface area contributed by atoms with Gasteiger partial charge in [0.2, 0.25) is 5.91 Å². The molecule has 1 fully saturated rings. The summed E-state index contributed by atoms with van der Waals surface area (Å²) in [5.41, 5.74) is 0. The van der Waals surface area contributed by atoms with E-state index in [-0.39, 0.29) is 18.5 Å². The molecule has 0 aliphatic carbocycles. The van der Waals surface area contributed by atoms with Crippen LogP contribution in [0.15, 0.2) is 36.5 Å². The molecule has 11 nitrogen and oxygen atoms in total. The smallest absolute Gasteiger partial charge is 0.305 e. The Morgan fingerprint density at radius 3 is 1.36 bits per heavy atom. The highest BCUT2D eigenvalue weighted by Gasteiger charge is 2.44. The fourth-order valence-corrected chi connectivity index (χ4v) is 9.74. The Hall–Kier alpha value is -2.12. The molecule has 7 unspecified atom stereocenters.